The number of halogens is 1. The zero-order valence-corrected chi connectivity index (χ0v) is 14.3. The average molecular weight is 344 g/mol. The van der Waals surface area contributed by atoms with E-state index in [1.807, 2.05) is 31.2 Å². The van der Waals surface area contributed by atoms with E-state index in [1.165, 1.54) is 0 Å². The molecule has 0 spiro atoms. The summed E-state index contributed by atoms with van der Waals surface area (Å²) in [7, 11) is -2.88. The van der Waals surface area contributed by atoms with E-state index in [9.17, 15) is 8.42 Å². The Bertz CT molecular complexity index is 631. The number of guanidine groups is 1. The summed E-state index contributed by atoms with van der Waals surface area (Å²) >= 11 is 5.96. The van der Waals surface area contributed by atoms with Gasteiger partial charge in [0.2, 0.25) is 0 Å². The van der Waals surface area contributed by atoms with Crippen LogP contribution in [0.2, 0.25) is 5.02 Å². The minimum absolute atomic E-state index is 0.0473. The zero-order chi connectivity index (χ0) is 16.0. The fraction of sp³-hybridized carbons (Fsp3) is 0.533. The number of hydrogen-bond donors (Lipinski definition) is 2. The van der Waals surface area contributed by atoms with Gasteiger partial charge in [0.15, 0.2) is 15.8 Å². The smallest absolute Gasteiger partial charge is 0.191 e. The van der Waals surface area contributed by atoms with Gasteiger partial charge in [-0.05, 0) is 37.5 Å². The van der Waals surface area contributed by atoms with E-state index in [1.54, 1.807) is 0 Å². The van der Waals surface area contributed by atoms with Crippen LogP contribution in [0.15, 0.2) is 29.3 Å². The van der Waals surface area contributed by atoms with E-state index in [4.69, 9.17) is 11.6 Å². The summed E-state index contributed by atoms with van der Waals surface area (Å²) in [6, 6.07) is 7.68. The minimum Gasteiger partial charge on any atom is -0.357 e. The molecule has 1 saturated heterocycles. The normalized spacial score (nSPS) is 20.8. The van der Waals surface area contributed by atoms with Crippen molar-refractivity contribution in [3.63, 3.8) is 0 Å². The summed E-state index contributed by atoms with van der Waals surface area (Å²) in [5.74, 6) is 1.12. The predicted molar refractivity (Wildman–Crippen MR) is 91.3 cm³/mol. The lowest BCUT2D eigenvalue weighted by Crippen LogP contribution is -2.44. The van der Waals surface area contributed by atoms with Gasteiger partial charge in [-0.1, -0.05) is 23.7 Å². The Kier molecular flexibility index (Phi) is 6.08. The average Bonchev–Trinajstić information content (AvgIpc) is 2.78. The van der Waals surface area contributed by atoms with Crippen LogP contribution in [0.5, 0.6) is 0 Å². The molecular weight excluding hydrogens is 322 g/mol. The topological polar surface area (TPSA) is 70.6 Å². The number of hydrogen-bond acceptors (Lipinski definition) is 3. The molecule has 0 amide bonds. The second-order valence-electron chi connectivity index (χ2n) is 5.38. The molecule has 1 unspecified atom stereocenters. The third-order valence-electron chi connectivity index (χ3n) is 3.48. The van der Waals surface area contributed by atoms with Gasteiger partial charge < -0.3 is 10.6 Å². The summed E-state index contributed by atoms with van der Waals surface area (Å²) < 4.78 is 23.0. The molecule has 22 heavy (non-hydrogen) atoms. The Morgan fingerprint density at radius 3 is 2.91 bits per heavy atom. The van der Waals surface area contributed by atoms with Gasteiger partial charge in [0.1, 0.15) is 0 Å². The van der Waals surface area contributed by atoms with Crippen LogP contribution in [0.1, 0.15) is 18.9 Å². The predicted octanol–water partition coefficient (Wildman–Crippen LogP) is 1.62. The maximum Gasteiger partial charge on any atom is 0.191 e. The van der Waals surface area contributed by atoms with Gasteiger partial charge in [-0.2, -0.15) is 0 Å². The summed E-state index contributed by atoms with van der Waals surface area (Å²) in [5.41, 5.74) is 1.13. The quantitative estimate of drug-likeness (QED) is 0.629. The van der Waals surface area contributed by atoms with Crippen LogP contribution in [-0.4, -0.2) is 45.0 Å². The lowest BCUT2D eigenvalue weighted by Gasteiger charge is -2.15. The van der Waals surface area contributed by atoms with Gasteiger partial charge in [0.25, 0.3) is 0 Å². The van der Waals surface area contributed by atoms with Crippen molar-refractivity contribution in [2.75, 3.05) is 24.6 Å². The van der Waals surface area contributed by atoms with E-state index in [2.05, 4.69) is 15.6 Å². The molecule has 0 aromatic heterocycles. The number of nitrogens with one attached hydrogen (secondary N) is 2. The first-order chi connectivity index (χ1) is 10.5. The van der Waals surface area contributed by atoms with Crippen molar-refractivity contribution in [3.8, 4) is 0 Å². The molecule has 1 atom stereocenters. The fourth-order valence-corrected chi connectivity index (χ4v) is 4.30. The van der Waals surface area contributed by atoms with E-state index in [0.717, 1.165) is 23.6 Å². The van der Waals surface area contributed by atoms with Crippen molar-refractivity contribution in [2.45, 2.75) is 25.8 Å². The highest BCUT2D eigenvalue weighted by Gasteiger charge is 2.28. The maximum absolute atomic E-state index is 11.5. The van der Waals surface area contributed by atoms with Crippen molar-refractivity contribution < 1.29 is 8.42 Å². The standard InChI is InChI=1S/C15H22ClN3O2S/c1-2-17-15(19-14-7-9-22(20,21)11-14)18-8-6-12-4-3-5-13(16)10-12/h3-5,10,14H,2,6-9,11H2,1H3,(H2,17,18,19). The van der Waals surface area contributed by atoms with Crippen LogP contribution in [0.4, 0.5) is 0 Å². The highest BCUT2D eigenvalue weighted by Crippen LogP contribution is 2.12. The Morgan fingerprint density at radius 1 is 1.45 bits per heavy atom. The van der Waals surface area contributed by atoms with Gasteiger partial charge in [0.05, 0.1) is 11.5 Å². The van der Waals surface area contributed by atoms with Crippen LogP contribution in [0.25, 0.3) is 0 Å². The van der Waals surface area contributed by atoms with Crippen molar-refractivity contribution in [3.05, 3.63) is 34.9 Å². The third-order valence-corrected chi connectivity index (χ3v) is 5.48. The number of rotatable bonds is 5. The lowest BCUT2D eigenvalue weighted by molar-refractivity contribution is 0.599. The molecule has 1 aliphatic heterocycles. The number of nitrogens with zero attached hydrogens (tertiary/aromatic N) is 1. The molecule has 1 aromatic rings. The molecule has 5 nitrogen and oxygen atoms in total. The van der Waals surface area contributed by atoms with Crippen LogP contribution < -0.4 is 10.6 Å². The molecule has 0 aliphatic carbocycles. The molecule has 122 valence electrons. The largest absolute Gasteiger partial charge is 0.357 e. The Morgan fingerprint density at radius 2 is 2.27 bits per heavy atom. The molecule has 1 aliphatic rings. The number of benzene rings is 1. The van der Waals surface area contributed by atoms with Crippen LogP contribution in [0, 0.1) is 0 Å². The van der Waals surface area contributed by atoms with E-state index in [-0.39, 0.29) is 17.5 Å². The van der Waals surface area contributed by atoms with E-state index in [0.29, 0.717) is 18.9 Å². The van der Waals surface area contributed by atoms with Crippen molar-refractivity contribution >= 4 is 27.4 Å². The first kappa shape index (κ1) is 17.1. The lowest BCUT2D eigenvalue weighted by atomic mass is 10.1. The van der Waals surface area contributed by atoms with Crippen LogP contribution in [0.3, 0.4) is 0 Å². The van der Waals surface area contributed by atoms with Crippen molar-refractivity contribution in [1.82, 2.24) is 10.6 Å². The van der Waals surface area contributed by atoms with Gasteiger partial charge in [-0.15, -0.1) is 0 Å². The van der Waals surface area contributed by atoms with Crippen LogP contribution in [-0.2, 0) is 16.3 Å². The molecule has 1 aromatic carbocycles. The first-order valence-corrected chi connectivity index (χ1v) is 9.68. The van der Waals surface area contributed by atoms with Crippen molar-refractivity contribution in [2.24, 2.45) is 4.99 Å². The van der Waals surface area contributed by atoms with Crippen LogP contribution >= 0.6 is 11.6 Å². The highest BCUT2D eigenvalue weighted by atomic mass is 35.5. The number of aliphatic imine (C=N–C) groups is 1. The second kappa shape index (κ2) is 7.83. The summed E-state index contributed by atoms with van der Waals surface area (Å²) in [4.78, 5) is 4.51. The molecule has 7 heteroatoms. The zero-order valence-electron chi connectivity index (χ0n) is 12.7. The summed E-state index contributed by atoms with van der Waals surface area (Å²) in [5, 5.41) is 7.08. The third kappa shape index (κ3) is 5.50. The Balaban J connectivity index is 1.90. The van der Waals surface area contributed by atoms with E-state index < -0.39 is 9.84 Å². The number of sulfone groups is 1. The molecule has 1 heterocycles. The maximum atomic E-state index is 11.5. The molecular formula is C15H22ClN3O2S. The highest BCUT2D eigenvalue weighted by molar-refractivity contribution is 7.91. The van der Waals surface area contributed by atoms with Gasteiger partial charge >= 0.3 is 0 Å². The summed E-state index contributed by atoms with van der Waals surface area (Å²) in [6.07, 6.45) is 1.43. The van der Waals surface area contributed by atoms with Gasteiger partial charge in [0, 0.05) is 24.2 Å². The fourth-order valence-electron chi connectivity index (χ4n) is 2.41. The molecule has 1 fully saturated rings. The van der Waals surface area contributed by atoms with Gasteiger partial charge in [-0.3, -0.25) is 4.99 Å². The molecule has 0 saturated carbocycles. The van der Waals surface area contributed by atoms with E-state index >= 15 is 0 Å². The van der Waals surface area contributed by atoms with Gasteiger partial charge in [-0.25, -0.2) is 8.42 Å². The Hall–Kier alpha value is -1.27. The minimum atomic E-state index is -2.88. The SMILES string of the molecule is CCNC(=NCCc1cccc(Cl)c1)NC1CCS(=O)(=O)C1. The molecule has 0 bridgehead atoms. The Labute approximate surface area is 137 Å². The molecule has 0 radical (unpaired) electrons. The second-order valence-corrected chi connectivity index (χ2v) is 8.05. The first-order valence-electron chi connectivity index (χ1n) is 7.48. The monoisotopic (exact) mass is 343 g/mol. The van der Waals surface area contributed by atoms with Crippen molar-refractivity contribution in [1.29, 1.82) is 0 Å². The molecule has 2 rings (SSSR count). The molecule has 2 N–H and O–H groups in total. The summed E-state index contributed by atoms with van der Waals surface area (Å²) in [6.45, 7) is 3.34.